The van der Waals surface area contributed by atoms with Gasteiger partial charge in [0.15, 0.2) is 15.5 Å². The normalized spacial score (nSPS) is 11.8. The first-order valence-corrected chi connectivity index (χ1v) is 15.3. The van der Waals surface area contributed by atoms with Gasteiger partial charge in [0, 0.05) is 12.8 Å². The van der Waals surface area contributed by atoms with E-state index in [1.165, 1.54) is 43.3 Å². The number of benzene rings is 3. The van der Waals surface area contributed by atoms with Crippen molar-refractivity contribution < 1.29 is 31.0 Å². The first-order valence-electron chi connectivity index (χ1n) is 13.4. The minimum atomic E-state index is -4.67. The molecule has 0 fully saturated rings. The van der Waals surface area contributed by atoms with E-state index >= 15 is 0 Å². The van der Waals surface area contributed by atoms with Gasteiger partial charge in [0.05, 0.1) is 40.5 Å². The van der Waals surface area contributed by atoms with Crippen LogP contribution in [-0.4, -0.2) is 34.4 Å². The van der Waals surface area contributed by atoms with Crippen molar-refractivity contribution in [1.29, 1.82) is 5.26 Å². The second-order valence-electron chi connectivity index (χ2n) is 10.3. The van der Waals surface area contributed by atoms with Gasteiger partial charge < -0.3 is 5.32 Å². The molecule has 1 amide bonds. The van der Waals surface area contributed by atoms with Crippen LogP contribution in [0.1, 0.15) is 22.4 Å². The molecule has 10 nitrogen and oxygen atoms in total. The number of halogens is 3. The summed E-state index contributed by atoms with van der Waals surface area (Å²) in [6, 6.07) is 17.9. The summed E-state index contributed by atoms with van der Waals surface area (Å²) in [4.78, 5) is 27.8. The van der Waals surface area contributed by atoms with Crippen molar-refractivity contribution >= 4 is 15.9 Å². The smallest absolute Gasteiger partial charge is 0.333 e. The van der Waals surface area contributed by atoms with Gasteiger partial charge in [0.2, 0.25) is 0 Å². The largest absolute Gasteiger partial charge is 0.416 e. The van der Waals surface area contributed by atoms with E-state index in [0.29, 0.717) is 22.6 Å². The fourth-order valence-corrected chi connectivity index (χ4v) is 5.59. The van der Waals surface area contributed by atoms with E-state index < -0.39 is 33.3 Å². The van der Waals surface area contributed by atoms with Gasteiger partial charge in [-0.25, -0.2) is 27.1 Å². The maximum atomic E-state index is 14.0. The molecule has 5 aromatic rings. The van der Waals surface area contributed by atoms with Gasteiger partial charge >= 0.3 is 23.7 Å². The number of hydrogen-bond donors (Lipinski definition) is 1. The van der Waals surface area contributed by atoms with E-state index in [1.54, 1.807) is 52.8 Å². The Kier molecular flexibility index (Phi) is 7.99. The summed E-state index contributed by atoms with van der Waals surface area (Å²) >= 11 is 0. The van der Waals surface area contributed by atoms with E-state index in [0.717, 1.165) is 27.5 Å². The molecule has 2 heterocycles. The Hall–Kier alpha value is -5.42. The molecule has 0 radical (unpaired) electrons. The van der Waals surface area contributed by atoms with Crippen molar-refractivity contribution in [2.75, 3.05) is 6.26 Å². The zero-order chi connectivity index (χ0) is 32.7. The third-order valence-corrected chi connectivity index (χ3v) is 8.33. The van der Waals surface area contributed by atoms with Crippen LogP contribution in [-0.2, 0) is 29.6 Å². The van der Waals surface area contributed by atoms with E-state index in [1.807, 2.05) is 6.07 Å². The Bertz CT molecular complexity index is 2140. The topological polar surface area (TPSA) is 123 Å². The number of rotatable bonds is 6. The van der Waals surface area contributed by atoms with E-state index in [2.05, 4.69) is 5.32 Å². The third-order valence-electron chi connectivity index (χ3n) is 7.20. The molecule has 0 atom stereocenters. The highest BCUT2D eigenvalue weighted by Gasteiger charge is 2.34. The highest BCUT2D eigenvalue weighted by molar-refractivity contribution is 7.90. The van der Waals surface area contributed by atoms with Gasteiger partial charge in [-0.05, 0) is 67.1 Å². The van der Waals surface area contributed by atoms with Crippen LogP contribution in [0, 0.1) is 18.3 Å². The molecular formula is C31H26F3N6O4S+. The minimum absolute atomic E-state index is 0.0781. The van der Waals surface area contributed by atoms with Crippen LogP contribution < -0.4 is 15.6 Å². The summed E-state index contributed by atoms with van der Waals surface area (Å²) in [6.07, 6.45) is -0.221. The summed E-state index contributed by atoms with van der Waals surface area (Å²) in [7, 11) is -1.75. The Morgan fingerprint density at radius 3 is 2.29 bits per heavy atom. The molecule has 2 aromatic heterocycles. The number of hydrogen-bond acceptors (Lipinski definition) is 5. The number of nitriles is 1. The predicted octanol–water partition coefficient (Wildman–Crippen LogP) is 4.28. The average molecular weight is 636 g/mol. The lowest BCUT2D eigenvalue weighted by atomic mass is 10.2. The number of sulfone groups is 1. The molecule has 0 aliphatic rings. The minimum Gasteiger partial charge on any atom is -0.333 e. The maximum Gasteiger partial charge on any atom is 0.416 e. The fourth-order valence-electron chi connectivity index (χ4n) is 4.96. The van der Waals surface area contributed by atoms with Crippen LogP contribution in [0.3, 0.4) is 0 Å². The molecule has 3 aromatic carbocycles. The van der Waals surface area contributed by atoms with Gasteiger partial charge in [-0.1, -0.05) is 18.2 Å². The summed E-state index contributed by atoms with van der Waals surface area (Å²) < 4.78 is 69.7. The number of aryl methyl sites for hydroxylation is 1. The first kappa shape index (κ1) is 31.0. The van der Waals surface area contributed by atoms with Gasteiger partial charge in [-0.2, -0.15) is 23.0 Å². The Morgan fingerprint density at radius 2 is 1.69 bits per heavy atom. The summed E-state index contributed by atoms with van der Waals surface area (Å²) in [5.41, 5.74) is -0.0870. The second-order valence-corrected chi connectivity index (χ2v) is 12.3. The lowest BCUT2D eigenvalue weighted by Gasteiger charge is -2.10. The van der Waals surface area contributed by atoms with Gasteiger partial charge in [0.1, 0.15) is 18.1 Å². The van der Waals surface area contributed by atoms with E-state index in [9.17, 15) is 36.4 Å². The number of alkyl halides is 3. The molecule has 0 saturated carbocycles. The van der Waals surface area contributed by atoms with Gasteiger partial charge in [0.25, 0.3) is 0 Å². The molecule has 5 rings (SSSR count). The summed E-state index contributed by atoms with van der Waals surface area (Å²) in [5.74, 6) is 0.354. The van der Waals surface area contributed by atoms with Crippen molar-refractivity contribution in [3.63, 3.8) is 0 Å². The number of carbonyl (C=O) groups excluding carboxylic acids is 1. The molecule has 0 bridgehead atoms. The lowest BCUT2D eigenvalue weighted by Crippen LogP contribution is -2.38. The lowest BCUT2D eigenvalue weighted by molar-refractivity contribution is -0.659. The van der Waals surface area contributed by atoms with Crippen LogP contribution in [0.4, 0.5) is 18.0 Å². The molecule has 1 N–H and O–H groups in total. The SMILES string of the molecule is Cc1c(-c2n(-c3ccc(C#N)cc3)cc[n+]2C)n(C(=O)NCc2ccc(S(C)(=O)=O)cc2)c(=O)n1-c1cccc(C(F)(F)F)c1. The van der Waals surface area contributed by atoms with Crippen LogP contribution >= 0.6 is 0 Å². The highest BCUT2D eigenvalue weighted by Crippen LogP contribution is 2.31. The van der Waals surface area contributed by atoms with Gasteiger partial charge in [-0.15, -0.1) is 0 Å². The number of aromatic nitrogens is 4. The van der Waals surface area contributed by atoms with Crippen molar-refractivity contribution in [3.05, 3.63) is 118 Å². The molecule has 45 heavy (non-hydrogen) atoms. The molecule has 0 aliphatic heterocycles. The zero-order valence-corrected chi connectivity index (χ0v) is 25.0. The van der Waals surface area contributed by atoms with Gasteiger partial charge in [-0.3, -0.25) is 4.57 Å². The molecule has 0 spiro atoms. The monoisotopic (exact) mass is 635 g/mol. The quantitative estimate of drug-likeness (QED) is 0.279. The van der Waals surface area contributed by atoms with Crippen LogP contribution in [0.25, 0.3) is 22.9 Å². The molecule has 0 saturated heterocycles. The van der Waals surface area contributed by atoms with Crippen molar-refractivity contribution in [1.82, 2.24) is 19.0 Å². The van der Waals surface area contributed by atoms with Crippen molar-refractivity contribution in [2.45, 2.75) is 24.5 Å². The van der Waals surface area contributed by atoms with Crippen LogP contribution in [0.15, 0.2) is 94.9 Å². The number of carbonyl (C=O) groups is 1. The molecule has 230 valence electrons. The second kappa shape index (κ2) is 11.6. The summed E-state index contributed by atoms with van der Waals surface area (Å²) in [6.45, 7) is 1.45. The molecular weight excluding hydrogens is 609 g/mol. The van der Waals surface area contributed by atoms with E-state index in [4.69, 9.17) is 0 Å². The van der Waals surface area contributed by atoms with Crippen molar-refractivity contribution in [3.8, 4) is 29.0 Å². The number of amides is 1. The highest BCUT2D eigenvalue weighted by atomic mass is 32.2. The molecule has 14 heteroatoms. The number of nitrogens with one attached hydrogen (secondary N) is 1. The predicted molar refractivity (Wildman–Crippen MR) is 158 cm³/mol. The fraction of sp³-hybridized carbons (Fsp3) is 0.161. The van der Waals surface area contributed by atoms with Crippen molar-refractivity contribution in [2.24, 2.45) is 7.05 Å². The van der Waals surface area contributed by atoms with E-state index in [-0.39, 0.29) is 28.5 Å². The standard InChI is InChI=1S/C31H25F3N6O4S/c1-20-27(28-37(2)15-16-38(28)24-11-7-21(18-35)8-12-24)40(29(41)36-19-22-9-13-26(14-10-22)45(3,43)44)30(42)39(20)25-6-4-5-23(17-25)31(32,33)34/h4-17H,19H2,1-3H3/p+1. The average Bonchev–Trinajstić information content (AvgIpc) is 3.50. The summed E-state index contributed by atoms with van der Waals surface area (Å²) in [5, 5.41) is 11.9. The Morgan fingerprint density at radius 1 is 1.02 bits per heavy atom. The number of imidazole rings is 2. The first-order chi connectivity index (χ1) is 21.2. The van der Waals surface area contributed by atoms with Crippen LogP contribution in [0.5, 0.6) is 0 Å². The van der Waals surface area contributed by atoms with Crippen LogP contribution in [0.2, 0.25) is 0 Å². The third kappa shape index (κ3) is 6.02. The maximum absolute atomic E-state index is 14.0. The number of nitrogens with zero attached hydrogens (tertiary/aromatic N) is 5. The molecule has 0 aliphatic carbocycles. The zero-order valence-electron chi connectivity index (χ0n) is 24.2. The Balaban J connectivity index is 1.66. The Labute approximate surface area is 255 Å². The molecule has 0 unspecified atom stereocenters.